The molecule has 0 heterocycles. The molecule has 0 unspecified atom stereocenters. The Labute approximate surface area is 160 Å². The van der Waals surface area contributed by atoms with Crippen molar-refractivity contribution in [2.45, 2.75) is 18.4 Å². The smallest absolute Gasteiger partial charge is 0.253 e. The number of carbonyl (C=O) groups is 1. The standard InChI is InChI=1S/C20H24N2O4S/c1-4-13-21-27(24,25)19-8-6-7-17(14-19)20(23)22(3)15-16-9-11-18(12-10-16)26-5-2/h4,6-12,14,21H,1,5,13,15H2,2-3H3. The van der Waals surface area contributed by atoms with Gasteiger partial charge < -0.3 is 9.64 Å². The Morgan fingerprint density at radius 1 is 1.22 bits per heavy atom. The zero-order valence-corrected chi connectivity index (χ0v) is 16.3. The molecular weight excluding hydrogens is 364 g/mol. The minimum Gasteiger partial charge on any atom is -0.494 e. The first kappa shape index (κ1) is 20.7. The Hall–Kier alpha value is -2.64. The van der Waals surface area contributed by atoms with Crippen molar-refractivity contribution >= 4 is 15.9 Å². The summed E-state index contributed by atoms with van der Waals surface area (Å²) in [5.41, 5.74) is 1.26. The van der Waals surface area contributed by atoms with Gasteiger partial charge in [0.05, 0.1) is 11.5 Å². The number of amides is 1. The number of hydrogen-bond acceptors (Lipinski definition) is 4. The predicted octanol–water partition coefficient (Wildman–Crippen LogP) is 2.82. The summed E-state index contributed by atoms with van der Waals surface area (Å²) in [5.74, 6) is 0.518. The number of rotatable bonds is 9. The van der Waals surface area contributed by atoms with E-state index < -0.39 is 10.0 Å². The van der Waals surface area contributed by atoms with Crippen LogP contribution >= 0.6 is 0 Å². The molecular formula is C20H24N2O4S. The fourth-order valence-corrected chi connectivity index (χ4v) is 3.52. The number of carbonyl (C=O) groups excluding carboxylic acids is 1. The molecule has 0 aromatic heterocycles. The molecule has 0 atom stereocenters. The zero-order chi connectivity index (χ0) is 19.9. The van der Waals surface area contributed by atoms with Gasteiger partial charge in [0.25, 0.3) is 5.91 Å². The van der Waals surface area contributed by atoms with Crippen LogP contribution in [0.25, 0.3) is 0 Å². The molecule has 0 radical (unpaired) electrons. The first-order chi connectivity index (χ1) is 12.9. The maximum Gasteiger partial charge on any atom is 0.253 e. The minimum atomic E-state index is -3.68. The quantitative estimate of drug-likeness (QED) is 0.670. The molecule has 0 saturated heterocycles. The van der Waals surface area contributed by atoms with Crippen LogP contribution in [0.2, 0.25) is 0 Å². The van der Waals surface area contributed by atoms with Crippen LogP contribution in [0, 0.1) is 0 Å². The Bertz CT molecular complexity index is 892. The zero-order valence-electron chi connectivity index (χ0n) is 15.5. The topological polar surface area (TPSA) is 75.7 Å². The first-order valence-corrected chi connectivity index (χ1v) is 10.0. The number of nitrogens with zero attached hydrogens (tertiary/aromatic N) is 1. The molecule has 1 N–H and O–H groups in total. The normalized spacial score (nSPS) is 11.0. The number of hydrogen-bond donors (Lipinski definition) is 1. The monoisotopic (exact) mass is 388 g/mol. The van der Waals surface area contributed by atoms with Crippen molar-refractivity contribution in [3.05, 3.63) is 72.3 Å². The largest absolute Gasteiger partial charge is 0.494 e. The van der Waals surface area contributed by atoms with Gasteiger partial charge in [0.2, 0.25) is 10.0 Å². The lowest BCUT2D eigenvalue weighted by Crippen LogP contribution is -2.27. The maximum absolute atomic E-state index is 12.7. The molecule has 0 aliphatic heterocycles. The lowest BCUT2D eigenvalue weighted by atomic mass is 10.1. The minimum absolute atomic E-state index is 0.0460. The Morgan fingerprint density at radius 2 is 1.93 bits per heavy atom. The number of ether oxygens (including phenoxy) is 1. The second kappa shape index (κ2) is 9.34. The van der Waals surface area contributed by atoms with Gasteiger partial charge >= 0.3 is 0 Å². The summed E-state index contributed by atoms with van der Waals surface area (Å²) in [7, 11) is -2.00. The van der Waals surface area contributed by atoms with Gasteiger partial charge in [-0.1, -0.05) is 24.3 Å². The maximum atomic E-state index is 12.7. The first-order valence-electron chi connectivity index (χ1n) is 8.55. The summed E-state index contributed by atoms with van der Waals surface area (Å²) in [6, 6.07) is 13.5. The molecule has 27 heavy (non-hydrogen) atoms. The van der Waals surface area contributed by atoms with Gasteiger partial charge in [0, 0.05) is 25.7 Å². The van der Waals surface area contributed by atoms with E-state index >= 15 is 0 Å². The molecule has 6 nitrogen and oxygen atoms in total. The highest BCUT2D eigenvalue weighted by molar-refractivity contribution is 7.89. The highest BCUT2D eigenvalue weighted by Crippen LogP contribution is 2.16. The summed E-state index contributed by atoms with van der Waals surface area (Å²) in [6.45, 7) is 6.52. The molecule has 2 aromatic rings. The van der Waals surface area contributed by atoms with Crippen LogP contribution in [-0.4, -0.2) is 39.4 Å². The molecule has 0 aliphatic rings. The van der Waals surface area contributed by atoms with E-state index in [0.29, 0.717) is 18.7 Å². The Balaban J connectivity index is 2.12. The van der Waals surface area contributed by atoms with Gasteiger partial charge in [-0.25, -0.2) is 13.1 Å². The van der Waals surface area contributed by atoms with E-state index in [4.69, 9.17) is 4.74 Å². The average Bonchev–Trinajstić information content (AvgIpc) is 2.67. The van der Waals surface area contributed by atoms with Crippen molar-refractivity contribution in [2.24, 2.45) is 0 Å². The van der Waals surface area contributed by atoms with Gasteiger partial charge in [-0.2, -0.15) is 0 Å². The van der Waals surface area contributed by atoms with Crippen molar-refractivity contribution < 1.29 is 17.9 Å². The van der Waals surface area contributed by atoms with E-state index in [2.05, 4.69) is 11.3 Å². The molecule has 0 fully saturated rings. The highest BCUT2D eigenvalue weighted by Gasteiger charge is 2.17. The van der Waals surface area contributed by atoms with E-state index in [1.165, 1.54) is 18.2 Å². The van der Waals surface area contributed by atoms with E-state index in [1.54, 1.807) is 24.1 Å². The summed E-state index contributed by atoms with van der Waals surface area (Å²) in [4.78, 5) is 14.3. The summed E-state index contributed by atoms with van der Waals surface area (Å²) in [6.07, 6.45) is 1.46. The van der Waals surface area contributed by atoms with Crippen LogP contribution in [0.3, 0.4) is 0 Å². The lowest BCUT2D eigenvalue weighted by Gasteiger charge is -2.18. The molecule has 2 rings (SSSR count). The van der Waals surface area contributed by atoms with E-state index in [1.807, 2.05) is 31.2 Å². The second-order valence-electron chi connectivity index (χ2n) is 5.91. The van der Waals surface area contributed by atoms with Crippen LogP contribution in [0.15, 0.2) is 66.1 Å². The van der Waals surface area contributed by atoms with Crippen LogP contribution in [-0.2, 0) is 16.6 Å². The van der Waals surface area contributed by atoms with E-state index in [0.717, 1.165) is 11.3 Å². The number of nitrogens with one attached hydrogen (secondary N) is 1. The van der Waals surface area contributed by atoms with Crippen molar-refractivity contribution in [3.63, 3.8) is 0 Å². The van der Waals surface area contributed by atoms with E-state index in [-0.39, 0.29) is 17.3 Å². The molecule has 0 aliphatic carbocycles. The van der Waals surface area contributed by atoms with Crippen LogP contribution in [0.4, 0.5) is 0 Å². The third kappa shape index (κ3) is 5.67. The number of sulfonamides is 1. The van der Waals surface area contributed by atoms with Gasteiger partial charge in [0.15, 0.2) is 0 Å². The third-order valence-electron chi connectivity index (χ3n) is 3.81. The van der Waals surface area contributed by atoms with Crippen molar-refractivity contribution in [3.8, 4) is 5.75 Å². The van der Waals surface area contributed by atoms with Crippen molar-refractivity contribution in [1.82, 2.24) is 9.62 Å². The summed E-state index contributed by atoms with van der Waals surface area (Å²) in [5, 5.41) is 0. The van der Waals surface area contributed by atoms with Crippen LogP contribution in [0.1, 0.15) is 22.8 Å². The third-order valence-corrected chi connectivity index (χ3v) is 5.23. The van der Waals surface area contributed by atoms with Gasteiger partial charge in [-0.3, -0.25) is 4.79 Å². The van der Waals surface area contributed by atoms with Crippen LogP contribution in [0.5, 0.6) is 5.75 Å². The highest BCUT2D eigenvalue weighted by atomic mass is 32.2. The van der Waals surface area contributed by atoms with Gasteiger partial charge in [-0.15, -0.1) is 6.58 Å². The second-order valence-corrected chi connectivity index (χ2v) is 7.67. The fraction of sp³-hybridized carbons (Fsp3) is 0.250. The Morgan fingerprint density at radius 3 is 2.56 bits per heavy atom. The van der Waals surface area contributed by atoms with Crippen molar-refractivity contribution in [2.75, 3.05) is 20.2 Å². The number of benzene rings is 2. The molecule has 2 aromatic carbocycles. The fourth-order valence-electron chi connectivity index (χ4n) is 2.47. The summed E-state index contributed by atoms with van der Waals surface area (Å²) < 4.78 is 32.2. The molecule has 1 amide bonds. The molecule has 7 heteroatoms. The van der Waals surface area contributed by atoms with Gasteiger partial charge in [0.1, 0.15) is 5.75 Å². The van der Waals surface area contributed by atoms with Crippen molar-refractivity contribution in [1.29, 1.82) is 0 Å². The van der Waals surface area contributed by atoms with Crippen LogP contribution < -0.4 is 9.46 Å². The molecule has 0 spiro atoms. The molecule has 0 saturated carbocycles. The molecule has 0 bridgehead atoms. The van der Waals surface area contributed by atoms with Gasteiger partial charge in [-0.05, 0) is 42.8 Å². The average molecular weight is 388 g/mol. The Kier molecular flexibility index (Phi) is 7.15. The van der Waals surface area contributed by atoms with E-state index in [9.17, 15) is 13.2 Å². The molecule has 144 valence electrons. The predicted molar refractivity (Wildman–Crippen MR) is 105 cm³/mol. The summed E-state index contributed by atoms with van der Waals surface area (Å²) >= 11 is 0. The SMILES string of the molecule is C=CCNS(=O)(=O)c1cccc(C(=O)N(C)Cc2ccc(OCC)cc2)c1. The lowest BCUT2D eigenvalue weighted by molar-refractivity contribution is 0.0785.